The van der Waals surface area contributed by atoms with Gasteiger partial charge < -0.3 is 19.3 Å². The molecule has 0 unspecified atom stereocenters. The second kappa shape index (κ2) is 6.14. The van der Waals surface area contributed by atoms with E-state index in [2.05, 4.69) is 0 Å². The summed E-state index contributed by atoms with van der Waals surface area (Å²) in [4.78, 5) is 11.1. The summed E-state index contributed by atoms with van der Waals surface area (Å²) >= 11 is 0. The first kappa shape index (κ1) is 14.2. The van der Waals surface area contributed by atoms with Crippen molar-refractivity contribution in [1.29, 1.82) is 0 Å². The van der Waals surface area contributed by atoms with Gasteiger partial charge in [0.2, 0.25) is 0 Å². The van der Waals surface area contributed by atoms with Crippen molar-refractivity contribution in [2.24, 2.45) is 0 Å². The monoisotopic (exact) mass is 244 g/mol. The molecule has 0 aromatic rings. The Morgan fingerprint density at radius 1 is 1.41 bits per heavy atom. The minimum Gasteiger partial charge on any atom is -0.463 e. The summed E-state index contributed by atoms with van der Waals surface area (Å²) in [5, 5.41) is 9.14. The SMILES string of the molecule is CCOC(=O)/C=C/C[C@@H]1OC(C)(C)O[C@@H]1CO. The van der Waals surface area contributed by atoms with E-state index in [1.165, 1.54) is 6.08 Å². The molecule has 0 spiro atoms. The van der Waals surface area contributed by atoms with Gasteiger partial charge in [0.1, 0.15) is 6.10 Å². The van der Waals surface area contributed by atoms with Gasteiger partial charge in [-0.15, -0.1) is 0 Å². The fourth-order valence-electron chi connectivity index (χ4n) is 1.75. The van der Waals surface area contributed by atoms with Crippen molar-refractivity contribution in [3.05, 3.63) is 12.2 Å². The minimum atomic E-state index is -0.685. The molecule has 1 fully saturated rings. The van der Waals surface area contributed by atoms with Crippen LogP contribution in [0.15, 0.2) is 12.2 Å². The number of carbonyl (C=O) groups is 1. The van der Waals surface area contributed by atoms with Crippen LogP contribution in [0.5, 0.6) is 0 Å². The van der Waals surface area contributed by atoms with Gasteiger partial charge in [-0.25, -0.2) is 4.79 Å². The highest BCUT2D eigenvalue weighted by atomic mass is 16.8. The van der Waals surface area contributed by atoms with E-state index in [1.807, 2.05) is 0 Å². The van der Waals surface area contributed by atoms with Crippen LogP contribution in [-0.4, -0.2) is 42.3 Å². The van der Waals surface area contributed by atoms with Crippen molar-refractivity contribution in [2.45, 2.75) is 45.2 Å². The first-order chi connectivity index (χ1) is 7.98. The molecular weight excluding hydrogens is 224 g/mol. The van der Waals surface area contributed by atoms with E-state index in [9.17, 15) is 4.79 Å². The van der Waals surface area contributed by atoms with E-state index >= 15 is 0 Å². The van der Waals surface area contributed by atoms with E-state index < -0.39 is 5.79 Å². The van der Waals surface area contributed by atoms with Gasteiger partial charge in [0, 0.05) is 6.08 Å². The predicted molar refractivity (Wildman–Crippen MR) is 61.3 cm³/mol. The highest BCUT2D eigenvalue weighted by molar-refractivity contribution is 5.81. The number of hydrogen-bond acceptors (Lipinski definition) is 5. The van der Waals surface area contributed by atoms with Crippen LogP contribution in [0, 0.1) is 0 Å². The molecule has 17 heavy (non-hydrogen) atoms. The molecule has 5 nitrogen and oxygen atoms in total. The van der Waals surface area contributed by atoms with Crippen molar-refractivity contribution in [2.75, 3.05) is 13.2 Å². The molecule has 1 aliphatic heterocycles. The maximum Gasteiger partial charge on any atom is 0.330 e. The highest BCUT2D eigenvalue weighted by Gasteiger charge is 2.39. The molecule has 0 aromatic carbocycles. The lowest BCUT2D eigenvalue weighted by Crippen LogP contribution is -2.25. The predicted octanol–water partition coefficient (Wildman–Crippen LogP) is 1.01. The van der Waals surface area contributed by atoms with Crippen LogP contribution in [0.3, 0.4) is 0 Å². The van der Waals surface area contributed by atoms with Gasteiger partial charge in [-0.1, -0.05) is 6.08 Å². The molecule has 0 saturated carbocycles. The topological polar surface area (TPSA) is 65.0 Å². The Bertz CT molecular complexity index is 285. The van der Waals surface area contributed by atoms with Gasteiger partial charge in [0.05, 0.1) is 19.3 Å². The van der Waals surface area contributed by atoms with E-state index in [0.717, 1.165) is 0 Å². The number of aliphatic hydroxyl groups is 1. The summed E-state index contributed by atoms with van der Waals surface area (Å²) in [6.45, 7) is 5.61. The zero-order valence-corrected chi connectivity index (χ0v) is 10.5. The van der Waals surface area contributed by atoms with Crippen molar-refractivity contribution in [3.8, 4) is 0 Å². The highest BCUT2D eigenvalue weighted by Crippen LogP contribution is 2.29. The number of esters is 1. The molecule has 0 aromatic heterocycles. The standard InChI is InChI=1S/C12H20O5/c1-4-15-11(14)7-5-6-9-10(8-13)17-12(2,3)16-9/h5,7,9-10,13H,4,6,8H2,1-3H3/b7-5+/t9-,10+/m0/s1. The summed E-state index contributed by atoms with van der Waals surface area (Å²) < 4.78 is 15.9. The molecule has 0 aliphatic carbocycles. The van der Waals surface area contributed by atoms with E-state index in [1.54, 1.807) is 26.8 Å². The van der Waals surface area contributed by atoms with E-state index in [4.69, 9.17) is 19.3 Å². The van der Waals surface area contributed by atoms with Crippen LogP contribution < -0.4 is 0 Å². The fourth-order valence-corrected chi connectivity index (χ4v) is 1.75. The molecule has 1 saturated heterocycles. The number of hydrogen-bond donors (Lipinski definition) is 1. The first-order valence-corrected chi connectivity index (χ1v) is 5.78. The summed E-state index contributed by atoms with van der Waals surface area (Å²) in [6.07, 6.45) is 2.97. The Labute approximate surface area is 101 Å². The molecule has 98 valence electrons. The normalized spacial score (nSPS) is 27.5. The van der Waals surface area contributed by atoms with Crippen LogP contribution in [0.1, 0.15) is 27.2 Å². The Morgan fingerprint density at radius 3 is 2.65 bits per heavy atom. The molecule has 2 atom stereocenters. The lowest BCUT2D eigenvalue weighted by molar-refractivity contribution is -0.148. The van der Waals surface area contributed by atoms with Crippen LogP contribution in [0.25, 0.3) is 0 Å². The first-order valence-electron chi connectivity index (χ1n) is 5.78. The molecule has 1 aliphatic rings. The van der Waals surface area contributed by atoms with Gasteiger partial charge in [-0.3, -0.25) is 0 Å². The number of rotatable bonds is 5. The van der Waals surface area contributed by atoms with Gasteiger partial charge in [0.25, 0.3) is 0 Å². The van der Waals surface area contributed by atoms with Crippen LogP contribution in [0.4, 0.5) is 0 Å². The molecule has 0 radical (unpaired) electrons. The average molecular weight is 244 g/mol. The summed E-state index contributed by atoms with van der Waals surface area (Å²) in [7, 11) is 0. The molecular formula is C12H20O5. The average Bonchev–Trinajstić information content (AvgIpc) is 2.54. The zero-order valence-electron chi connectivity index (χ0n) is 10.5. The van der Waals surface area contributed by atoms with Crippen molar-refractivity contribution < 1.29 is 24.1 Å². The largest absolute Gasteiger partial charge is 0.463 e. The summed E-state index contributed by atoms with van der Waals surface area (Å²) in [5.41, 5.74) is 0. The third-order valence-corrected chi connectivity index (χ3v) is 2.37. The van der Waals surface area contributed by atoms with Crippen LogP contribution in [0.2, 0.25) is 0 Å². The third kappa shape index (κ3) is 4.46. The quantitative estimate of drug-likeness (QED) is 0.577. The maximum absolute atomic E-state index is 11.1. The minimum absolute atomic E-state index is 0.0959. The molecule has 1 heterocycles. The lowest BCUT2D eigenvalue weighted by atomic mass is 10.1. The Balaban J connectivity index is 2.43. The molecule has 1 rings (SSSR count). The van der Waals surface area contributed by atoms with Crippen molar-refractivity contribution in [3.63, 3.8) is 0 Å². The van der Waals surface area contributed by atoms with E-state index in [-0.39, 0.29) is 24.8 Å². The van der Waals surface area contributed by atoms with Crippen molar-refractivity contribution in [1.82, 2.24) is 0 Å². The molecule has 1 N–H and O–H groups in total. The second-order valence-corrected chi connectivity index (χ2v) is 4.29. The number of aliphatic hydroxyl groups excluding tert-OH is 1. The van der Waals surface area contributed by atoms with Crippen LogP contribution >= 0.6 is 0 Å². The third-order valence-electron chi connectivity index (χ3n) is 2.37. The summed E-state index contributed by atoms with van der Waals surface area (Å²) in [5.74, 6) is -1.05. The summed E-state index contributed by atoms with van der Waals surface area (Å²) in [6, 6.07) is 0. The van der Waals surface area contributed by atoms with Gasteiger partial charge in [-0.05, 0) is 27.2 Å². The molecule has 0 bridgehead atoms. The van der Waals surface area contributed by atoms with Crippen LogP contribution in [-0.2, 0) is 19.0 Å². The smallest absolute Gasteiger partial charge is 0.330 e. The zero-order chi connectivity index (χ0) is 12.9. The van der Waals surface area contributed by atoms with Gasteiger partial charge in [-0.2, -0.15) is 0 Å². The Hall–Kier alpha value is -0.910. The number of ether oxygens (including phenoxy) is 3. The maximum atomic E-state index is 11.1. The van der Waals surface area contributed by atoms with Gasteiger partial charge >= 0.3 is 5.97 Å². The lowest BCUT2D eigenvalue weighted by Gasteiger charge is -2.16. The fraction of sp³-hybridized carbons (Fsp3) is 0.750. The molecule has 5 heteroatoms. The van der Waals surface area contributed by atoms with Gasteiger partial charge in [0.15, 0.2) is 5.79 Å². The Morgan fingerprint density at radius 2 is 2.06 bits per heavy atom. The Kier molecular flexibility index (Phi) is 5.11. The van der Waals surface area contributed by atoms with E-state index in [0.29, 0.717) is 13.0 Å². The second-order valence-electron chi connectivity index (χ2n) is 4.29. The number of carbonyl (C=O) groups excluding carboxylic acids is 1. The molecule has 0 amide bonds. The van der Waals surface area contributed by atoms with Crippen molar-refractivity contribution >= 4 is 5.97 Å².